The Hall–Kier alpha value is -2.93. The molecule has 3 nitrogen and oxygen atoms in total. The average Bonchev–Trinajstić information content (AvgIpc) is 2.70. The maximum Gasteiger partial charge on any atom is 0.0991 e. The van der Waals surface area contributed by atoms with Gasteiger partial charge in [-0.1, -0.05) is 66.7 Å². The van der Waals surface area contributed by atoms with Gasteiger partial charge in [0.15, 0.2) is 0 Å². The molecule has 130 valence electrons. The minimum Gasteiger partial charge on any atom is -0.326 e. The molecule has 0 aliphatic heterocycles. The summed E-state index contributed by atoms with van der Waals surface area (Å²) in [6, 6.07) is 29.0. The molecule has 3 heteroatoms. The largest absolute Gasteiger partial charge is 0.326 e. The van der Waals surface area contributed by atoms with Crippen LogP contribution < -0.4 is 5.73 Å². The zero-order valence-electron chi connectivity index (χ0n) is 14.8. The van der Waals surface area contributed by atoms with Crippen LogP contribution in [0, 0.1) is 11.3 Å². The molecule has 0 aromatic heterocycles. The fourth-order valence-corrected chi connectivity index (χ4v) is 2.99. The van der Waals surface area contributed by atoms with Crippen molar-refractivity contribution < 1.29 is 0 Å². The van der Waals surface area contributed by atoms with Crippen molar-refractivity contribution in [3.63, 3.8) is 0 Å². The van der Waals surface area contributed by atoms with Gasteiger partial charge in [-0.2, -0.15) is 5.26 Å². The second kappa shape index (κ2) is 8.96. The summed E-state index contributed by atoms with van der Waals surface area (Å²) in [5.41, 5.74) is 11.3. The van der Waals surface area contributed by atoms with E-state index in [1.807, 2.05) is 30.3 Å². The summed E-state index contributed by atoms with van der Waals surface area (Å²) in [5.74, 6) is 0. The van der Waals surface area contributed by atoms with E-state index in [-0.39, 0.29) is 0 Å². The van der Waals surface area contributed by atoms with Crippen LogP contribution in [0.2, 0.25) is 0 Å². The molecule has 0 bridgehead atoms. The Labute approximate surface area is 155 Å². The fraction of sp³-hybridized carbons (Fsp3) is 0.174. The van der Waals surface area contributed by atoms with Crippen molar-refractivity contribution in [2.75, 3.05) is 0 Å². The molecule has 0 radical (unpaired) electrons. The molecule has 0 fully saturated rings. The van der Waals surface area contributed by atoms with E-state index < -0.39 is 0 Å². The molecule has 0 saturated carbocycles. The first-order valence-electron chi connectivity index (χ1n) is 8.80. The highest BCUT2D eigenvalue weighted by atomic mass is 15.1. The summed E-state index contributed by atoms with van der Waals surface area (Å²) < 4.78 is 0. The lowest BCUT2D eigenvalue weighted by Gasteiger charge is -2.23. The molecule has 0 unspecified atom stereocenters. The molecule has 2 N–H and O–H groups in total. The van der Waals surface area contributed by atoms with Gasteiger partial charge in [0.25, 0.3) is 0 Å². The molecule has 0 heterocycles. The molecule has 0 amide bonds. The van der Waals surface area contributed by atoms with Crippen LogP contribution in [0.15, 0.2) is 78.9 Å². The first kappa shape index (κ1) is 17.9. The van der Waals surface area contributed by atoms with Gasteiger partial charge in [0, 0.05) is 26.2 Å². The van der Waals surface area contributed by atoms with Gasteiger partial charge in [0.1, 0.15) is 0 Å². The number of nitriles is 1. The number of nitrogens with two attached hydrogens (primary N) is 1. The minimum absolute atomic E-state index is 0.569. The number of hydrogen-bond acceptors (Lipinski definition) is 3. The van der Waals surface area contributed by atoms with Gasteiger partial charge in [-0.3, -0.25) is 4.90 Å². The molecule has 0 saturated heterocycles. The maximum atomic E-state index is 8.97. The topological polar surface area (TPSA) is 53.0 Å². The van der Waals surface area contributed by atoms with E-state index in [2.05, 4.69) is 59.5 Å². The zero-order chi connectivity index (χ0) is 18.2. The van der Waals surface area contributed by atoms with Crippen molar-refractivity contribution in [1.82, 2.24) is 4.90 Å². The molecule has 3 aromatic carbocycles. The summed E-state index contributed by atoms with van der Waals surface area (Å²) in [7, 11) is 0. The fourth-order valence-electron chi connectivity index (χ4n) is 2.99. The van der Waals surface area contributed by atoms with Gasteiger partial charge in [-0.25, -0.2) is 0 Å². The third kappa shape index (κ3) is 5.03. The van der Waals surface area contributed by atoms with Crippen LogP contribution in [0.5, 0.6) is 0 Å². The predicted molar refractivity (Wildman–Crippen MR) is 105 cm³/mol. The molecule has 3 rings (SSSR count). The number of hydrogen-bond donors (Lipinski definition) is 1. The summed E-state index contributed by atoms with van der Waals surface area (Å²) >= 11 is 0. The van der Waals surface area contributed by atoms with Crippen LogP contribution in [0.25, 0.3) is 0 Å². The molecule has 26 heavy (non-hydrogen) atoms. The number of rotatable bonds is 7. The summed E-state index contributed by atoms with van der Waals surface area (Å²) in [6.45, 7) is 3.14. The van der Waals surface area contributed by atoms with Crippen LogP contribution in [0.1, 0.15) is 27.8 Å². The van der Waals surface area contributed by atoms with Crippen LogP contribution in [-0.2, 0) is 26.2 Å². The lowest BCUT2D eigenvalue weighted by molar-refractivity contribution is 0.247. The Bertz CT molecular complexity index is 847. The van der Waals surface area contributed by atoms with Gasteiger partial charge < -0.3 is 5.73 Å². The van der Waals surface area contributed by atoms with Crippen LogP contribution in [0.3, 0.4) is 0 Å². The number of nitrogens with zero attached hydrogens (tertiary/aromatic N) is 2. The molecular weight excluding hydrogens is 318 g/mol. The Balaban J connectivity index is 1.76. The number of benzene rings is 3. The van der Waals surface area contributed by atoms with Gasteiger partial charge in [-0.05, 0) is 34.4 Å². The second-order valence-electron chi connectivity index (χ2n) is 6.46. The van der Waals surface area contributed by atoms with Crippen molar-refractivity contribution in [2.45, 2.75) is 26.2 Å². The van der Waals surface area contributed by atoms with Gasteiger partial charge >= 0.3 is 0 Å². The third-order valence-corrected chi connectivity index (χ3v) is 4.40. The first-order valence-corrected chi connectivity index (χ1v) is 8.80. The summed E-state index contributed by atoms with van der Waals surface area (Å²) in [4.78, 5) is 2.41. The summed E-state index contributed by atoms with van der Waals surface area (Å²) in [5, 5.41) is 8.97. The zero-order valence-corrected chi connectivity index (χ0v) is 14.8. The molecule has 0 aliphatic carbocycles. The van der Waals surface area contributed by atoms with Crippen LogP contribution in [-0.4, -0.2) is 4.90 Å². The van der Waals surface area contributed by atoms with E-state index in [4.69, 9.17) is 11.0 Å². The molecule has 0 atom stereocenters. The van der Waals surface area contributed by atoms with Gasteiger partial charge in [0.2, 0.25) is 0 Å². The highest BCUT2D eigenvalue weighted by molar-refractivity contribution is 5.31. The Kier molecular flexibility index (Phi) is 6.16. The highest BCUT2D eigenvalue weighted by Crippen LogP contribution is 2.15. The predicted octanol–water partition coefficient (Wildman–Crippen LogP) is 4.22. The monoisotopic (exact) mass is 341 g/mol. The Morgan fingerprint density at radius 1 is 0.654 bits per heavy atom. The van der Waals surface area contributed by atoms with Crippen molar-refractivity contribution in [2.24, 2.45) is 5.73 Å². The van der Waals surface area contributed by atoms with E-state index >= 15 is 0 Å². The first-order chi connectivity index (χ1) is 12.8. The second-order valence-corrected chi connectivity index (χ2v) is 6.46. The standard InChI is InChI=1S/C23H23N3/c24-14-19-6-10-22(11-7-19)17-26(16-21-4-2-1-3-5-21)18-23-12-8-20(15-25)9-13-23/h1-13H,14,16-18,24H2. The Morgan fingerprint density at radius 3 is 1.62 bits per heavy atom. The van der Waals surface area contributed by atoms with E-state index in [0.29, 0.717) is 12.1 Å². The van der Waals surface area contributed by atoms with Gasteiger partial charge in [0.05, 0.1) is 11.6 Å². The normalized spacial score (nSPS) is 10.7. The lowest BCUT2D eigenvalue weighted by Crippen LogP contribution is -2.22. The van der Waals surface area contributed by atoms with E-state index in [0.717, 1.165) is 25.2 Å². The van der Waals surface area contributed by atoms with Gasteiger partial charge in [-0.15, -0.1) is 0 Å². The quantitative estimate of drug-likeness (QED) is 0.700. The third-order valence-electron chi connectivity index (χ3n) is 4.40. The maximum absolute atomic E-state index is 8.97. The van der Waals surface area contributed by atoms with Crippen LogP contribution in [0.4, 0.5) is 0 Å². The molecular formula is C23H23N3. The minimum atomic E-state index is 0.569. The highest BCUT2D eigenvalue weighted by Gasteiger charge is 2.09. The Morgan fingerprint density at radius 2 is 1.12 bits per heavy atom. The molecule has 0 spiro atoms. The smallest absolute Gasteiger partial charge is 0.0991 e. The van der Waals surface area contributed by atoms with E-state index in [1.54, 1.807) is 0 Å². The SMILES string of the molecule is N#Cc1ccc(CN(Cc2ccccc2)Cc2ccc(CN)cc2)cc1. The van der Waals surface area contributed by atoms with Crippen molar-refractivity contribution in [1.29, 1.82) is 5.26 Å². The average molecular weight is 341 g/mol. The summed E-state index contributed by atoms with van der Waals surface area (Å²) in [6.07, 6.45) is 0. The van der Waals surface area contributed by atoms with Crippen molar-refractivity contribution in [3.05, 3.63) is 107 Å². The molecule has 0 aliphatic rings. The van der Waals surface area contributed by atoms with E-state index in [1.165, 1.54) is 16.7 Å². The van der Waals surface area contributed by atoms with E-state index in [9.17, 15) is 0 Å². The molecule has 3 aromatic rings. The lowest BCUT2D eigenvalue weighted by atomic mass is 10.1. The van der Waals surface area contributed by atoms with Crippen LogP contribution >= 0.6 is 0 Å². The van der Waals surface area contributed by atoms with Crippen molar-refractivity contribution in [3.8, 4) is 6.07 Å². The van der Waals surface area contributed by atoms with Crippen molar-refractivity contribution >= 4 is 0 Å².